The van der Waals surface area contributed by atoms with Gasteiger partial charge in [0.25, 0.3) is 0 Å². The van der Waals surface area contributed by atoms with Crippen LogP contribution in [0.15, 0.2) is 12.4 Å². The summed E-state index contributed by atoms with van der Waals surface area (Å²) in [5.41, 5.74) is 0.659. The van der Waals surface area contributed by atoms with Gasteiger partial charge in [0.1, 0.15) is 18.0 Å². The van der Waals surface area contributed by atoms with Gasteiger partial charge in [0.15, 0.2) is 0 Å². The molecule has 1 aliphatic carbocycles. The zero-order chi connectivity index (χ0) is 13.8. The third-order valence-electron chi connectivity index (χ3n) is 5.07. The van der Waals surface area contributed by atoms with E-state index in [4.69, 9.17) is 0 Å². The van der Waals surface area contributed by atoms with Gasteiger partial charge in [-0.3, -0.25) is 0 Å². The maximum atomic E-state index is 4.45. The van der Waals surface area contributed by atoms with Crippen LogP contribution in [0.5, 0.6) is 0 Å². The van der Waals surface area contributed by atoms with Crippen LogP contribution in [0.1, 0.15) is 51.9 Å². The van der Waals surface area contributed by atoms with Crippen molar-refractivity contribution in [3.63, 3.8) is 0 Å². The number of piperidine rings is 1. The van der Waals surface area contributed by atoms with Gasteiger partial charge in [-0.05, 0) is 38.0 Å². The number of nitrogens with zero attached hydrogens (tertiary/aromatic N) is 3. The highest BCUT2D eigenvalue weighted by atomic mass is 15.2. The molecule has 110 valence electrons. The van der Waals surface area contributed by atoms with Gasteiger partial charge in [-0.1, -0.05) is 19.3 Å². The fourth-order valence-corrected chi connectivity index (χ4v) is 3.81. The maximum absolute atomic E-state index is 4.45. The van der Waals surface area contributed by atoms with Gasteiger partial charge in [0.2, 0.25) is 0 Å². The van der Waals surface area contributed by atoms with Gasteiger partial charge in [-0.15, -0.1) is 0 Å². The second-order valence-corrected chi connectivity index (χ2v) is 6.34. The quantitative estimate of drug-likeness (QED) is 0.916. The van der Waals surface area contributed by atoms with E-state index in [0.29, 0.717) is 5.41 Å². The van der Waals surface area contributed by atoms with Crippen LogP contribution in [0.25, 0.3) is 0 Å². The second kappa shape index (κ2) is 5.98. The molecule has 1 saturated carbocycles. The molecule has 0 radical (unpaired) electrons. The number of aromatic nitrogens is 2. The molecule has 2 aliphatic rings. The molecular formula is C16H26N4. The smallest absolute Gasteiger partial charge is 0.134 e. The van der Waals surface area contributed by atoms with E-state index >= 15 is 0 Å². The third-order valence-corrected chi connectivity index (χ3v) is 5.07. The minimum absolute atomic E-state index is 0.659. The van der Waals surface area contributed by atoms with Gasteiger partial charge in [0.05, 0.1) is 0 Å². The van der Waals surface area contributed by atoms with Crippen molar-refractivity contribution < 1.29 is 0 Å². The Morgan fingerprint density at radius 1 is 1.10 bits per heavy atom. The molecular weight excluding hydrogens is 248 g/mol. The van der Waals surface area contributed by atoms with Crippen molar-refractivity contribution in [2.45, 2.75) is 51.9 Å². The monoisotopic (exact) mass is 274 g/mol. The van der Waals surface area contributed by atoms with Crippen molar-refractivity contribution in [1.82, 2.24) is 9.97 Å². The molecule has 1 saturated heterocycles. The number of hydrogen-bond acceptors (Lipinski definition) is 4. The Morgan fingerprint density at radius 3 is 2.55 bits per heavy atom. The number of nitrogens with one attached hydrogen (secondary N) is 1. The van der Waals surface area contributed by atoms with Crippen LogP contribution in [0.2, 0.25) is 0 Å². The molecule has 0 amide bonds. The summed E-state index contributed by atoms with van der Waals surface area (Å²) >= 11 is 0. The van der Waals surface area contributed by atoms with Crippen molar-refractivity contribution in [2.75, 3.05) is 29.9 Å². The molecule has 2 fully saturated rings. The molecule has 0 atom stereocenters. The Balaban J connectivity index is 1.64. The van der Waals surface area contributed by atoms with Crippen LogP contribution >= 0.6 is 0 Å². The first-order valence-electron chi connectivity index (χ1n) is 8.12. The highest BCUT2D eigenvalue weighted by molar-refractivity contribution is 5.48. The maximum Gasteiger partial charge on any atom is 0.134 e. The van der Waals surface area contributed by atoms with Crippen LogP contribution in [0, 0.1) is 5.41 Å². The minimum Gasteiger partial charge on any atom is -0.370 e. The van der Waals surface area contributed by atoms with E-state index in [2.05, 4.69) is 33.2 Å². The van der Waals surface area contributed by atoms with Crippen molar-refractivity contribution in [1.29, 1.82) is 0 Å². The summed E-state index contributed by atoms with van der Waals surface area (Å²) in [5, 5.41) is 3.27. The van der Waals surface area contributed by atoms with E-state index in [1.807, 2.05) is 0 Å². The lowest BCUT2D eigenvalue weighted by Crippen LogP contribution is -2.41. The molecule has 1 N–H and O–H groups in total. The summed E-state index contributed by atoms with van der Waals surface area (Å²) in [6.45, 7) is 5.31. The number of rotatable bonds is 3. The number of anilines is 2. The van der Waals surface area contributed by atoms with Crippen LogP contribution < -0.4 is 10.2 Å². The predicted octanol–water partition coefficient (Wildman–Crippen LogP) is 3.46. The molecule has 4 heteroatoms. The Hall–Kier alpha value is -1.32. The summed E-state index contributed by atoms with van der Waals surface area (Å²) in [6.07, 6.45) is 11.6. The highest BCUT2D eigenvalue weighted by Gasteiger charge is 2.35. The standard InChI is InChI=1S/C16H26N4/c1-2-17-14-12-15(19-13-18-14)20-10-8-16(9-11-20)6-4-3-5-7-16/h12-13H,2-11H2,1H3,(H,17,18,19). The zero-order valence-electron chi connectivity index (χ0n) is 12.6. The van der Waals surface area contributed by atoms with E-state index in [1.165, 1.54) is 44.9 Å². The molecule has 1 spiro atoms. The lowest BCUT2D eigenvalue weighted by molar-refractivity contribution is 0.144. The average Bonchev–Trinajstić information content (AvgIpc) is 2.50. The Morgan fingerprint density at radius 2 is 1.85 bits per heavy atom. The molecule has 0 unspecified atom stereocenters. The second-order valence-electron chi connectivity index (χ2n) is 6.34. The van der Waals surface area contributed by atoms with Gasteiger partial charge < -0.3 is 10.2 Å². The first kappa shape index (κ1) is 13.7. The molecule has 2 heterocycles. The van der Waals surface area contributed by atoms with Gasteiger partial charge in [-0.25, -0.2) is 9.97 Å². The Bertz CT molecular complexity index is 430. The van der Waals surface area contributed by atoms with Crippen LogP contribution in [0.3, 0.4) is 0 Å². The number of hydrogen-bond donors (Lipinski definition) is 1. The highest BCUT2D eigenvalue weighted by Crippen LogP contribution is 2.44. The summed E-state index contributed by atoms with van der Waals surface area (Å²) < 4.78 is 0. The average molecular weight is 274 g/mol. The summed E-state index contributed by atoms with van der Waals surface area (Å²) in [5.74, 6) is 2.03. The Labute approximate surface area is 122 Å². The van der Waals surface area contributed by atoms with Crippen LogP contribution in [-0.4, -0.2) is 29.6 Å². The van der Waals surface area contributed by atoms with E-state index in [-0.39, 0.29) is 0 Å². The third kappa shape index (κ3) is 2.89. The van der Waals surface area contributed by atoms with Gasteiger partial charge in [0, 0.05) is 25.7 Å². The molecule has 1 aromatic heterocycles. The fourth-order valence-electron chi connectivity index (χ4n) is 3.81. The first-order valence-corrected chi connectivity index (χ1v) is 8.12. The topological polar surface area (TPSA) is 41.0 Å². The molecule has 0 aromatic carbocycles. The predicted molar refractivity (Wildman–Crippen MR) is 83.2 cm³/mol. The molecule has 0 bridgehead atoms. The van der Waals surface area contributed by atoms with Crippen LogP contribution in [-0.2, 0) is 0 Å². The van der Waals surface area contributed by atoms with Gasteiger partial charge >= 0.3 is 0 Å². The van der Waals surface area contributed by atoms with E-state index in [9.17, 15) is 0 Å². The SMILES string of the molecule is CCNc1cc(N2CCC3(CCCCC3)CC2)ncn1. The minimum atomic E-state index is 0.659. The summed E-state index contributed by atoms with van der Waals surface area (Å²) in [6, 6.07) is 2.09. The molecule has 20 heavy (non-hydrogen) atoms. The lowest BCUT2D eigenvalue weighted by atomic mass is 9.68. The van der Waals surface area contributed by atoms with Crippen molar-refractivity contribution in [3.8, 4) is 0 Å². The van der Waals surface area contributed by atoms with E-state index < -0.39 is 0 Å². The normalized spacial score (nSPS) is 21.9. The van der Waals surface area contributed by atoms with E-state index in [0.717, 1.165) is 31.3 Å². The molecule has 1 aromatic rings. The van der Waals surface area contributed by atoms with Gasteiger partial charge in [-0.2, -0.15) is 0 Å². The van der Waals surface area contributed by atoms with Crippen molar-refractivity contribution in [3.05, 3.63) is 12.4 Å². The first-order chi connectivity index (χ1) is 9.81. The fraction of sp³-hybridized carbons (Fsp3) is 0.750. The lowest BCUT2D eigenvalue weighted by Gasteiger charge is -2.44. The largest absolute Gasteiger partial charge is 0.370 e. The summed E-state index contributed by atoms with van der Waals surface area (Å²) in [7, 11) is 0. The molecule has 3 rings (SSSR count). The van der Waals surface area contributed by atoms with Crippen molar-refractivity contribution in [2.24, 2.45) is 5.41 Å². The van der Waals surface area contributed by atoms with Crippen LogP contribution in [0.4, 0.5) is 11.6 Å². The molecule has 1 aliphatic heterocycles. The Kier molecular flexibility index (Phi) is 4.08. The molecule has 4 nitrogen and oxygen atoms in total. The summed E-state index contributed by atoms with van der Waals surface area (Å²) in [4.78, 5) is 11.1. The van der Waals surface area contributed by atoms with Crippen molar-refractivity contribution >= 4 is 11.6 Å². The van der Waals surface area contributed by atoms with E-state index in [1.54, 1.807) is 6.33 Å². The zero-order valence-corrected chi connectivity index (χ0v) is 12.6.